The Morgan fingerprint density at radius 2 is 1.93 bits per heavy atom. The van der Waals surface area contributed by atoms with Crippen LogP contribution in [-0.4, -0.2) is 43.7 Å². The van der Waals surface area contributed by atoms with E-state index in [0.717, 1.165) is 56.9 Å². The average Bonchev–Trinajstić information content (AvgIpc) is 2.72. The maximum atomic E-state index is 12.7. The van der Waals surface area contributed by atoms with E-state index < -0.39 is 0 Å². The van der Waals surface area contributed by atoms with Gasteiger partial charge in [-0.15, -0.1) is 0 Å². The number of fused-ring (bicyclic) bond motifs is 1. The number of hydrogen-bond donors (Lipinski definition) is 2. The van der Waals surface area contributed by atoms with Crippen LogP contribution in [0.1, 0.15) is 28.3 Å². The zero-order valence-electron chi connectivity index (χ0n) is 15.6. The summed E-state index contributed by atoms with van der Waals surface area (Å²) in [5.41, 5.74) is 4.79. The van der Waals surface area contributed by atoms with Crippen molar-refractivity contribution in [2.45, 2.75) is 25.6 Å². The first-order valence-corrected chi connectivity index (χ1v) is 9.76. The number of carbonyl (C=O) groups excluding carboxylic acids is 1. The standard InChI is InChI=1S/C22H27N3O2/c26-22(21-20-7-2-1-6-19(20)8-9-23-21)24-15-17-4-3-5-18(14-17)16-25-10-12-27-13-11-25/h1-7,14,21,23H,8-13,15-16H2,(H,24,26). The minimum Gasteiger partial charge on any atom is -0.379 e. The number of amides is 1. The molecule has 1 fully saturated rings. The smallest absolute Gasteiger partial charge is 0.242 e. The van der Waals surface area contributed by atoms with Crippen molar-refractivity contribution in [1.29, 1.82) is 0 Å². The van der Waals surface area contributed by atoms with Gasteiger partial charge in [0.25, 0.3) is 0 Å². The van der Waals surface area contributed by atoms with Gasteiger partial charge >= 0.3 is 0 Å². The van der Waals surface area contributed by atoms with Crippen molar-refractivity contribution in [2.75, 3.05) is 32.8 Å². The molecule has 4 rings (SSSR count). The molecule has 2 aliphatic heterocycles. The first-order valence-electron chi connectivity index (χ1n) is 9.76. The third kappa shape index (κ3) is 4.56. The summed E-state index contributed by atoms with van der Waals surface area (Å²) in [5.74, 6) is 0.0423. The fraction of sp³-hybridized carbons (Fsp3) is 0.409. The summed E-state index contributed by atoms with van der Waals surface area (Å²) in [5, 5.41) is 6.45. The molecule has 0 saturated carbocycles. The van der Waals surface area contributed by atoms with E-state index in [1.54, 1.807) is 0 Å². The van der Waals surface area contributed by atoms with Crippen LogP contribution in [0, 0.1) is 0 Å². The van der Waals surface area contributed by atoms with Crippen molar-refractivity contribution in [3.8, 4) is 0 Å². The summed E-state index contributed by atoms with van der Waals surface area (Å²) in [6.45, 7) is 5.90. The molecule has 2 aliphatic rings. The van der Waals surface area contributed by atoms with Crippen molar-refractivity contribution >= 4 is 5.91 Å². The van der Waals surface area contributed by atoms with Gasteiger partial charge in [0.05, 0.1) is 13.2 Å². The zero-order chi connectivity index (χ0) is 18.5. The van der Waals surface area contributed by atoms with Gasteiger partial charge in [-0.05, 0) is 28.7 Å². The molecular weight excluding hydrogens is 338 g/mol. The SMILES string of the molecule is O=C(NCc1cccc(CN2CCOCC2)c1)C1NCCc2ccccc21. The highest BCUT2D eigenvalue weighted by molar-refractivity contribution is 5.83. The van der Waals surface area contributed by atoms with Gasteiger partial charge in [-0.25, -0.2) is 0 Å². The van der Waals surface area contributed by atoms with Gasteiger partial charge in [0.1, 0.15) is 6.04 Å². The third-order valence-electron chi connectivity index (χ3n) is 5.34. The van der Waals surface area contributed by atoms with Gasteiger partial charge in [0, 0.05) is 32.7 Å². The van der Waals surface area contributed by atoms with E-state index in [9.17, 15) is 4.79 Å². The lowest BCUT2D eigenvalue weighted by atomic mass is 9.94. The van der Waals surface area contributed by atoms with Crippen LogP contribution < -0.4 is 10.6 Å². The number of nitrogens with one attached hydrogen (secondary N) is 2. The molecule has 2 heterocycles. The number of morpholine rings is 1. The monoisotopic (exact) mass is 365 g/mol. The Balaban J connectivity index is 1.36. The molecule has 1 amide bonds. The Morgan fingerprint density at radius 3 is 2.81 bits per heavy atom. The Morgan fingerprint density at radius 1 is 1.11 bits per heavy atom. The predicted molar refractivity (Wildman–Crippen MR) is 105 cm³/mol. The second-order valence-electron chi connectivity index (χ2n) is 7.26. The lowest BCUT2D eigenvalue weighted by Crippen LogP contribution is -2.41. The molecule has 2 aromatic carbocycles. The summed E-state index contributed by atoms with van der Waals surface area (Å²) in [7, 11) is 0. The normalized spacial score (nSPS) is 20.1. The fourth-order valence-corrected chi connectivity index (χ4v) is 3.89. The van der Waals surface area contributed by atoms with E-state index in [1.165, 1.54) is 11.1 Å². The summed E-state index contributed by atoms with van der Waals surface area (Å²) in [6, 6.07) is 16.4. The quantitative estimate of drug-likeness (QED) is 0.851. The van der Waals surface area contributed by atoms with E-state index in [4.69, 9.17) is 4.74 Å². The van der Waals surface area contributed by atoms with Gasteiger partial charge < -0.3 is 15.4 Å². The Labute approximate surface area is 160 Å². The number of ether oxygens (including phenoxy) is 1. The molecule has 27 heavy (non-hydrogen) atoms. The van der Waals surface area contributed by atoms with E-state index >= 15 is 0 Å². The van der Waals surface area contributed by atoms with Crippen LogP contribution in [-0.2, 0) is 29.0 Å². The largest absolute Gasteiger partial charge is 0.379 e. The minimum absolute atomic E-state index is 0.0423. The van der Waals surface area contributed by atoms with Gasteiger partial charge in [0.2, 0.25) is 5.91 Å². The van der Waals surface area contributed by atoms with Crippen LogP contribution in [0.3, 0.4) is 0 Å². The topological polar surface area (TPSA) is 53.6 Å². The van der Waals surface area contributed by atoms with Crippen LogP contribution in [0.4, 0.5) is 0 Å². The summed E-state index contributed by atoms with van der Waals surface area (Å²) in [6.07, 6.45) is 0.976. The molecule has 1 atom stereocenters. The predicted octanol–water partition coefficient (Wildman–Crippen LogP) is 2.02. The van der Waals surface area contributed by atoms with Crippen LogP contribution in [0.25, 0.3) is 0 Å². The van der Waals surface area contributed by atoms with Crippen molar-refractivity contribution in [2.24, 2.45) is 0 Å². The van der Waals surface area contributed by atoms with Crippen molar-refractivity contribution in [1.82, 2.24) is 15.5 Å². The average molecular weight is 365 g/mol. The molecule has 2 aromatic rings. The number of hydrogen-bond acceptors (Lipinski definition) is 4. The number of benzene rings is 2. The lowest BCUT2D eigenvalue weighted by Gasteiger charge is -2.27. The van der Waals surface area contributed by atoms with Crippen LogP contribution in [0.5, 0.6) is 0 Å². The van der Waals surface area contributed by atoms with Crippen molar-refractivity contribution < 1.29 is 9.53 Å². The lowest BCUT2D eigenvalue weighted by molar-refractivity contribution is -0.123. The molecular formula is C22H27N3O2. The van der Waals surface area contributed by atoms with Crippen LogP contribution >= 0.6 is 0 Å². The Hall–Kier alpha value is -2.21. The number of carbonyl (C=O) groups is 1. The molecule has 0 spiro atoms. The van der Waals surface area contributed by atoms with E-state index in [1.807, 2.05) is 12.1 Å². The second-order valence-corrected chi connectivity index (χ2v) is 7.26. The summed E-state index contributed by atoms with van der Waals surface area (Å²) < 4.78 is 5.41. The summed E-state index contributed by atoms with van der Waals surface area (Å²) in [4.78, 5) is 15.1. The maximum Gasteiger partial charge on any atom is 0.242 e. The molecule has 0 aromatic heterocycles. The first-order chi connectivity index (χ1) is 13.3. The van der Waals surface area contributed by atoms with Gasteiger partial charge in [-0.3, -0.25) is 9.69 Å². The highest BCUT2D eigenvalue weighted by atomic mass is 16.5. The van der Waals surface area contributed by atoms with E-state index in [-0.39, 0.29) is 11.9 Å². The minimum atomic E-state index is -0.258. The van der Waals surface area contributed by atoms with Crippen molar-refractivity contribution in [3.05, 3.63) is 70.8 Å². The Kier molecular flexibility index (Phi) is 5.82. The highest BCUT2D eigenvalue weighted by Gasteiger charge is 2.25. The second kappa shape index (κ2) is 8.65. The van der Waals surface area contributed by atoms with E-state index in [0.29, 0.717) is 6.54 Å². The molecule has 0 aliphatic carbocycles. The molecule has 142 valence electrons. The Bertz CT molecular complexity index is 787. The molecule has 0 radical (unpaired) electrons. The summed E-state index contributed by atoms with van der Waals surface area (Å²) >= 11 is 0. The third-order valence-corrected chi connectivity index (χ3v) is 5.34. The molecule has 2 N–H and O–H groups in total. The van der Waals surface area contributed by atoms with Crippen LogP contribution in [0.2, 0.25) is 0 Å². The maximum absolute atomic E-state index is 12.7. The van der Waals surface area contributed by atoms with Gasteiger partial charge in [-0.2, -0.15) is 0 Å². The highest BCUT2D eigenvalue weighted by Crippen LogP contribution is 2.22. The molecule has 1 unspecified atom stereocenters. The van der Waals surface area contributed by atoms with Gasteiger partial charge in [0.15, 0.2) is 0 Å². The number of nitrogens with zero attached hydrogens (tertiary/aromatic N) is 1. The molecule has 1 saturated heterocycles. The molecule has 0 bridgehead atoms. The van der Waals surface area contributed by atoms with Crippen molar-refractivity contribution in [3.63, 3.8) is 0 Å². The molecule has 5 nitrogen and oxygen atoms in total. The first kappa shape index (κ1) is 18.2. The number of rotatable bonds is 5. The zero-order valence-corrected chi connectivity index (χ0v) is 15.6. The fourth-order valence-electron chi connectivity index (χ4n) is 3.89. The van der Waals surface area contributed by atoms with E-state index in [2.05, 4.69) is 51.9 Å². The molecule has 5 heteroatoms. The van der Waals surface area contributed by atoms with Crippen LogP contribution in [0.15, 0.2) is 48.5 Å². The van der Waals surface area contributed by atoms with Gasteiger partial charge in [-0.1, -0.05) is 48.5 Å².